The standard InChI is InChI=1S/C21H30N2O5S/c1-16-8-3-4-11-19(16)22-20(24)15-28-21(25)17-9-7-10-18(14-17)29(26,27)23-12-5-2-6-13-23/h7,9-10,14,16,19H,2-6,8,11-13,15H2,1H3,(H,22,24)/t16-,19+/m0/s1. The first-order valence-corrected chi connectivity index (χ1v) is 11.9. The minimum absolute atomic E-state index is 0.0781. The average molecular weight is 423 g/mol. The van der Waals surface area contributed by atoms with Crippen molar-refractivity contribution in [3.8, 4) is 0 Å². The van der Waals surface area contributed by atoms with Crippen molar-refractivity contribution in [1.82, 2.24) is 9.62 Å². The molecule has 0 bridgehead atoms. The van der Waals surface area contributed by atoms with Crippen LogP contribution in [0.2, 0.25) is 0 Å². The van der Waals surface area contributed by atoms with Crippen LogP contribution in [0.25, 0.3) is 0 Å². The molecule has 1 saturated carbocycles. The second-order valence-corrected chi connectivity index (χ2v) is 9.94. The first-order chi connectivity index (χ1) is 13.9. The Bertz CT molecular complexity index is 833. The predicted molar refractivity (Wildman–Crippen MR) is 109 cm³/mol. The number of piperidine rings is 1. The lowest BCUT2D eigenvalue weighted by atomic mass is 9.86. The lowest BCUT2D eigenvalue weighted by molar-refractivity contribution is -0.125. The van der Waals surface area contributed by atoms with E-state index >= 15 is 0 Å². The van der Waals surface area contributed by atoms with Gasteiger partial charge in [-0.2, -0.15) is 4.31 Å². The van der Waals surface area contributed by atoms with Gasteiger partial charge in [0.2, 0.25) is 10.0 Å². The Hall–Kier alpha value is -1.93. The van der Waals surface area contributed by atoms with Gasteiger partial charge in [-0.05, 0) is 49.8 Å². The molecule has 29 heavy (non-hydrogen) atoms. The van der Waals surface area contributed by atoms with E-state index in [0.717, 1.165) is 38.5 Å². The van der Waals surface area contributed by atoms with Crippen molar-refractivity contribution in [2.45, 2.75) is 62.8 Å². The van der Waals surface area contributed by atoms with Gasteiger partial charge in [0, 0.05) is 19.1 Å². The number of sulfonamides is 1. The minimum Gasteiger partial charge on any atom is -0.452 e. The van der Waals surface area contributed by atoms with Crippen molar-refractivity contribution >= 4 is 21.9 Å². The molecule has 1 heterocycles. The number of hydrogen-bond donors (Lipinski definition) is 1. The van der Waals surface area contributed by atoms with Crippen molar-refractivity contribution in [3.63, 3.8) is 0 Å². The fourth-order valence-corrected chi connectivity index (χ4v) is 5.59. The van der Waals surface area contributed by atoms with Gasteiger partial charge in [-0.1, -0.05) is 32.3 Å². The van der Waals surface area contributed by atoms with Crippen LogP contribution in [-0.4, -0.2) is 50.3 Å². The molecule has 7 nitrogen and oxygen atoms in total. The van der Waals surface area contributed by atoms with Gasteiger partial charge in [-0.15, -0.1) is 0 Å². The molecule has 1 saturated heterocycles. The third-order valence-corrected chi connectivity index (χ3v) is 7.71. The maximum atomic E-state index is 12.8. The number of nitrogens with one attached hydrogen (secondary N) is 1. The summed E-state index contributed by atoms with van der Waals surface area (Å²) < 4.78 is 32.2. The van der Waals surface area contributed by atoms with Crippen LogP contribution >= 0.6 is 0 Å². The van der Waals surface area contributed by atoms with Gasteiger partial charge in [0.25, 0.3) is 5.91 Å². The van der Waals surface area contributed by atoms with Crippen LogP contribution in [0.5, 0.6) is 0 Å². The molecule has 0 aromatic heterocycles. The SMILES string of the molecule is C[C@H]1CCCC[C@H]1NC(=O)COC(=O)c1cccc(S(=O)(=O)N2CCCCC2)c1. The van der Waals surface area contributed by atoms with Crippen LogP contribution in [0.1, 0.15) is 62.2 Å². The highest BCUT2D eigenvalue weighted by Crippen LogP contribution is 2.24. The maximum absolute atomic E-state index is 12.8. The molecule has 2 atom stereocenters. The molecule has 2 aliphatic rings. The third-order valence-electron chi connectivity index (χ3n) is 5.81. The molecule has 1 N–H and O–H groups in total. The number of carbonyl (C=O) groups excluding carboxylic acids is 2. The largest absolute Gasteiger partial charge is 0.452 e. The van der Waals surface area contributed by atoms with Gasteiger partial charge in [0.05, 0.1) is 10.5 Å². The van der Waals surface area contributed by atoms with Crippen LogP contribution in [0.15, 0.2) is 29.2 Å². The number of carbonyl (C=O) groups is 2. The maximum Gasteiger partial charge on any atom is 0.338 e. The first kappa shape index (κ1) is 21.8. The summed E-state index contributed by atoms with van der Waals surface area (Å²) in [6.07, 6.45) is 7.01. The lowest BCUT2D eigenvalue weighted by Crippen LogP contribution is -2.42. The number of amides is 1. The highest BCUT2D eigenvalue weighted by Gasteiger charge is 2.27. The molecule has 1 aliphatic carbocycles. The van der Waals surface area contributed by atoms with Crippen LogP contribution < -0.4 is 5.32 Å². The number of ether oxygens (including phenoxy) is 1. The first-order valence-electron chi connectivity index (χ1n) is 10.4. The summed E-state index contributed by atoms with van der Waals surface area (Å²) in [6.45, 7) is 2.74. The van der Waals surface area contributed by atoms with Gasteiger partial charge in [0.15, 0.2) is 6.61 Å². The van der Waals surface area contributed by atoms with E-state index in [9.17, 15) is 18.0 Å². The van der Waals surface area contributed by atoms with E-state index in [0.29, 0.717) is 19.0 Å². The van der Waals surface area contributed by atoms with Gasteiger partial charge in [-0.3, -0.25) is 4.79 Å². The molecule has 1 amide bonds. The van der Waals surface area contributed by atoms with E-state index in [4.69, 9.17) is 4.74 Å². The van der Waals surface area contributed by atoms with Gasteiger partial charge in [-0.25, -0.2) is 13.2 Å². The third kappa shape index (κ3) is 5.57. The Morgan fingerprint density at radius 1 is 1.10 bits per heavy atom. The molecule has 1 aromatic rings. The van der Waals surface area contributed by atoms with Crippen molar-refractivity contribution in [3.05, 3.63) is 29.8 Å². The van der Waals surface area contributed by atoms with Crippen LogP contribution in [0.3, 0.4) is 0 Å². The Morgan fingerprint density at radius 2 is 1.83 bits per heavy atom. The molecule has 2 fully saturated rings. The van der Waals surface area contributed by atoms with Gasteiger partial charge >= 0.3 is 5.97 Å². The Morgan fingerprint density at radius 3 is 2.55 bits per heavy atom. The summed E-state index contributed by atoms with van der Waals surface area (Å²) in [5.41, 5.74) is 0.127. The van der Waals surface area contributed by atoms with Crippen LogP contribution in [0.4, 0.5) is 0 Å². The number of hydrogen-bond acceptors (Lipinski definition) is 5. The molecular formula is C21H30N2O5S. The Balaban J connectivity index is 1.58. The number of rotatable bonds is 6. The van der Waals surface area contributed by atoms with Crippen molar-refractivity contribution in [2.24, 2.45) is 5.92 Å². The Labute approximate surface area is 172 Å². The lowest BCUT2D eigenvalue weighted by Gasteiger charge is -2.29. The second-order valence-electron chi connectivity index (χ2n) is 8.00. The van der Waals surface area contributed by atoms with E-state index in [1.165, 1.54) is 35.0 Å². The normalized spacial score (nSPS) is 23.3. The summed E-state index contributed by atoms with van der Waals surface area (Å²) in [7, 11) is -3.63. The average Bonchev–Trinajstić information content (AvgIpc) is 2.74. The monoisotopic (exact) mass is 422 g/mol. The summed E-state index contributed by atoms with van der Waals surface area (Å²) in [5.74, 6) is -0.609. The fourth-order valence-electron chi connectivity index (χ4n) is 4.03. The molecule has 160 valence electrons. The highest BCUT2D eigenvalue weighted by atomic mass is 32.2. The highest BCUT2D eigenvalue weighted by molar-refractivity contribution is 7.89. The molecular weight excluding hydrogens is 392 g/mol. The molecule has 0 spiro atoms. The van der Waals surface area contributed by atoms with E-state index in [-0.39, 0.29) is 29.0 Å². The minimum atomic E-state index is -3.63. The summed E-state index contributed by atoms with van der Waals surface area (Å²) in [4.78, 5) is 24.6. The van der Waals surface area contributed by atoms with Gasteiger partial charge < -0.3 is 10.1 Å². The fraction of sp³-hybridized carbons (Fsp3) is 0.619. The smallest absolute Gasteiger partial charge is 0.338 e. The second kappa shape index (κ2) is 9.71. The number of esters is 1. The van der Waals surface area contributed by atoms with E-state index < -0.39 is 16.0 Å². The quantitative estimate of drug-likeness (QED) is 0.712. The topological polar surface area (TPSA) is 92.8 Å². The molecule has 3 rings (SSSR count). The molecule has 0 radical (unpaired) electrons. The van der Waals surface area contributed by atoms with E-state index in [1.807, 2.05) is 0 Å². The zero-order valence-corrected chi connectivity index (χ0v) is 17.7. The van der Waals surface area contributed by atoms with E-state index in [1.54, 1.807) is 0 Å². The van der Waals surface area contributed by atoms with Crippen molar-refractivity contribution in [2.75, 3.05) is 19.7 Å². The number of nitrogens with zero attached hydrogens (tertiary/aromatic N) is 1. The zero-order valence-electron chi connectivity index (χ0n) is 16.9. The zero-order chi connectivity index (χ0) is 20.9. The van der Waals surface area contributed by atoms with Crippen molar-refractivity contribution in [1.29, 1.82) is 0 Å². The van der Waals surface area contributed by atoms with Crippen LogP contribution in [-0.2, 0) is 19.6 Å². The molecule has 0 unspecified atom stereocenters. The van der Waals surface area contributed by atoms with Crippen LogP contribution in [0, 0.1) is 5.92 Å². The summed E-state index contributed by atoms with van der Waals surface area (Å²) in [6, 6.07) is 5.95. The molecule has 8 heteroatoms. The summed E-state index contributed by atoms with van der Waals surface area (Å²) >= 11 is 0. The van der Waals surface area contributed by atoms with Crippen molar-refractivity contribution < 1.29 is 22.7 Å². The summed E-state index contributed by atoms with van der Waals surface area (Å²) in [5, 5.41) is 2.94. The predicted octanol–water partition coefficient (Wildman–Crippen LogP) is 2.71. The number of benzene rings is 1. The Kier molecular flexibility index (Phi) is 7.29. The molecule has 1 aromatic carbocycles. The van der Waals surface area contributed by atoms with E-state index in [2.05, 4.69) is 12.2 Å². The molecule has 1 aliphatic heterocycles. The van der Waals surface area contributed by atoms with Gasteiger partial charge in [0.1, 0.15) is 0 Å².